The Morgan fingerprint density at radius 3 is 2.31 bits per heavy atom. The summed E-state index contributed by atoms with van der Waals surface area (Å²) in [6.07, 6.45) is 6.95. The molecule has 0 heterocycles. The van der Waals surface area contributed by atoms with Gasteiger partial charge in [0.1, 0.15) is 0 Å². The van der Waals surface area contributed by atoms with Gasteiger partial charge in [0, 0.05) is 6.54 Å². The molecule has 0 saturated carbocycles. The van der Waals surface area contributed by atoms with Crippen molar-refractivity contribution in [3.8, 4) is 0 Å². The fraction of sp³-hybridized carbons (Fsp3) is 1.00. The molecule has 3 N–H and O–H groups in total. The van der Waals surface area contributed by atoms with Crippen molar-refractivity contribution < 1.29 is 8.76 Å². The van der Waals surface area contributed by atoms with Crippen molar-refractivity contribution in [1.82, 2.24) is 4.41 Å². The van der Waals surface area contributed by atoms with Crippen molar-refractivity contribution >= 4 is 11.3 Å². The van der Waals surface area contributed by atoms with Crippen molar-refractivity contribution in [2.45, 2.75) is 45.4 Å². The zero-order chi connectivity index (χ0) is 10.1. The quantitative estimate of drug-likeness (QED) is 0.276. The van der Waals surface area contributed by atoms with E-state index in [1.165, 1.54) is 25.7 Å². The lowest BCUT2D eigenvalue weighted by atomic mass is 10.1. The van der Waals surface area contributed by atoms with Gasteiger partial charge in [-0.15, -0.1) is 4.41 Å². The fourth-order valence-electron chi connectivity index (χ4n) is 1.13. The Labute approximate surface area is 82.9 Å². The average Bonchev–Trinajstić information content (AvgIpc) is 2.10. The zero-order valence-electron chi connectivity index (χ0n) is 8.24. The van der Waals surface area contributed by atoms with Crippen LogP contribution in [0.15, 0.2) is 0 Å². The van der Waals surface area contributed by atoms with E-state index in [2.05, 4.69) is 6.92 Å². The molecule has 80 valence electrons. The second kappa shape index (κ2) is 8.62. The molecule has 0 spiro atoms. The average molecular weight is 208 g/mol. The van der Waals surface area contributed by atoms with Crippen LogP contribution in [0.4, 0.5) is 0 Å². The first kappa shape index (κ1) is 13.0. The SMILES string of the molecule is CCCCCCCCN(N)S(=O)O. The molecule has 0 amide bonds. The fourth-order valence-corrected chi connectivity index (χ4v) is 1.41. The molecule has 0 aliphatic carbocycles. The maximum absolute atomic E-state index is 10.4. The van der Waals surface area contributed by atoms with Crippen LogP contribution >= 0.6 is 0 Å². The van der Waals surface area contributed by atoms with E-state index in [-0.39, 0.29) is 0 Å². The van der Waals surface area contributed by atoms with Gasteiger partial charge in [0.15, 0.2) is 0 Å². The second-order valence-corrected chi connectivity index (χ2v) is 4.07. The Hall–Kier alpha value is 0.0300. The minimum atomic E-state index is -2.01. The summed E-state index contributed by atoms with van der Waals surface area (Å²) >= 11 is -2.01. The van der Waals surface area contributed by atoms with Crippen molar-refractivity contribution in [1.29, 1.82) is 0 Å². The molecule has 0 rings (SSSR count). The van der Waals surface area contributed by atoms with Crippen LogP contribution in [-0.4, -0.2) is 19.7 Å². The van der Waals surface area contributed by atoms with Gasteiger partial charge in [-0.05, 0) is 6.42 Å². The van der Waals surface area contributed by atoms with Crippen molar-refractivity contribution in [3.63, 3.8) is 0 Å². The molecule has 0 radical (unpaired) electrons. The lowest BCUT2D eigenvalue weighted by molar-refractivity contribution is 0.396. The normalized spacial score (nSPS) is 13.5. The molecule has 0 aromatic carbocycles. The molecule has 0 aliphatic heterocycles. The van der Waals surface area contributed by atoms with Crippen molar-refractivity contribution in [2.75, 3.05) is 6.54 Å². The summed E-state index contributed by atoms with van der Waals surface area (Å²) in [5.74, 6) is 5.24. The minimum Gasteiger partial charge on any atom is -0.293 e. The first-order chi connectivity index (χ1) is 6.18. The summed E-state index contributed by atoms with van der Waals surface area (Å²) in [6, 6.07) is 0. The van der Waals surface area contributed by atoms with Crippen LogP contribution in [0, 0.1) is 0 Å². The van der Waals surface area contributed by atoms with E-state index in [1.807, 2.05) is 0 Å². The van der Waals surface area contributed by atoms with Crippen molar-refractivity contribution in [2.24, 2.45) is 5.84 Å². The van der Waals surface area contributed by atoms with E-state index in [1.54, 1.807) is 0 Å². The maximum atomic E-state index is 10.4. The van der Waals surface area contributed by atoms with Gasteiger partial charge in [0.05, 0.1) is 0 Å². The molecule has 5 heteroatoms. The van der Waals surface area contributed by atoms with Crippen LogP contribution in [0.25, 0.3) is 0 Å². The molecule has 0 aromatic rings. The number of nitrogens with zero attached hydrogens (tertiary/aromatic N) is 1. The van der Waals surface area contributed by atoms with Gasteiger partial charge in [0.25, 0.3) is 0 Å². The lowest BCUT2D eigenvalue weighted by Gasteiger charge is -2.09. The molecular weight excluding hydrogens is 188 g/mol. The van der Waals surface area contributed by atoms with Gasteiger partial charge in [0.2, 0.25) is 11.3 Å². The Balaban J connectivity index is 3.11. The number of unbranched alkanes of at least 4 members (excludes halogenated alkanes) is 5. The van der Waals surface area contributed by atoms with Crippen LogP contribution in [0.5, 0.6) is 0 Å². The zero-order valence-corrected chi connectivity index (χ0v) is 9.05. The Morgan fingerprint density at radius 1 is 1.23 bits per heavy atom. The first-order valence-corrected chi connectivity index (χ1v) is 5.88. The number of hydrogen-bond acceptors (Lipinski definition) is 2. The minimum absolute atomic E-state index is 0.495. The van der Waals surface area contributed by atoms with Crippen LogP contribution in [-0.2, 0) is 11.3 Å². The van der Waals surface area contributed by atoms with Crippen LogP contribution in [0.2, 0.25) is 0 Å². The molecular formula is C8H20N2O2S. The Kier molecular flexibility index (Phi) is 8.64. The van der Waals surface area contributed by atoms with E-state index in [0.717, 1.165) is 17.3 Å². The van der Waals surface area contributed by atoms with Gasteiger partial charge >= 0.3 is 0 Å². The summed E-state index contributed by atoms with van der Waals surface area (Å²) in [7, 11) is 0. The molecule has 0 fully saturated rings. The smallest absolute Gasteiger partial charge is 0.248 e. The molecule has 0 bridgehead atoms. The monoisotopic (exact) mass is 208 g/mol. The van der Waals surface area contributed by atoms with Gasteiger partial charge in [-0.2, -0.15) is 0 Å². The summed E-state index contributed by atoms with van der Waals surface area (Å²) in [5.41, 5.74) is 0. The van der Waals surface area contributed by atoms with Crippen LogP contribution in [0.1, 0.15) is 45.4 Å². The number of rotatable bonds is 8. The molecule has 4 nitrogen and oxygen atoms in total. The number of hydrogen-bond donors (Lipinski definition) is 2. The lowest BCUT2D eigenvalue weighted by Crippen LogP contribution is -2.33. The predicted octanol–water partition coefficient (Wildman–Crippen LogP) is 1.66. The van der Waals surface area contributed by atoms with Gasteiger partial charge < -0.3 is 0 Å². The Bertz CT molecular complexity index is 144. The molecule has 0 aromatic heterocycles. The maximum Gasteiger partial charge on any atom is 0.248 e. The highest BCUT2D eigenvalue weighted by molar-refractivity contribution is 7.76. The second-order valence-electron chi connectivity index (χ2n) is 3.14. The highest BCUT2D eigenvalue weighted by atomic mass is 32.2. The van der Waals surface area contributed by atoms with Crippen molar-refractivity contribution in [3.05, 3.63) is 0 Å². The van der Waals surface area contributed by atoms with Gasteiger partial charge in [-0.1, -0.05) is 39.0 Å². The summed E-state index contributed by atoms with van der Waals surface area (Å²) in [5, 5.41) is 0. The molecule has 13 heavy (non-hydrogen) atoms. The van der Waals surface area contributed by atoms with Crippen LogP contribution < -0.4 is 5.84 Å². The highest BCUT2D eigenvalue weighted by Gasteiger charge is 2.02. The third-order valence-electron chi connectivity index (χ3n) is 1.93. The predicted molar refractivity (Wildman–Crippen MR) is 55.0 cm³/mol. The summed E-state index contributed by atoms with van der Waals surface area (Å²) in [6.45, 7) is 2.67. The summed E-state index contributed by atoms with van der Waals surface area (Å²) < 4.78 is 19.9. The first-order valence-electron chi connectivity index (χ1n) is 4.81. The summed E-state index contributed by atoms with van der Waals surface area (Å²) in [4.78, 5) is 0. The number of hydrazine groups is 1. The van der Waals surface area contributed by atoms with E-state index >= 15 is 0 Å². The third-order valence-corrected chi connectivity index (χ3v) is 2.52. The largest absolute Gasteiger partial charge is 0.293 e. The Morgan fingerprint density at radius 2 is 1.77 bits per heavy atom. The topological polar surface area (TPSA) is 66.6 Å². The molecule has 0 saturated heterocycles. The van der Waals surface area contributed by atoms with E-state index in [4.69, 9.17) is 10.4 Å². The van der Waals surface area contributed by atoms with Gasteiger partial charge in [-0.3, -0.25) is 10.4 Å². The van der Waals surface area contributed by atoms with E-state index < -0.39 is 11.3 Å². The van der Waals surface area contributed by atoms with E-state index in [9.17, 15) is 4.21 Å². The third kappa shape index (κ3) is 8.36. The van der Waals surface area contributed by atoms with Crippen LogP contribution in [0.3, 0.4) is 0 Å². The highest BCUT2D eigenvalue weighted by Crippen LogP contribution is 2.05. The standard InChI is InChI=1S/C8H20N2O2S/c1-2-3-4-5-6-7-8-10(9)13(11)12/h2-9H2,1H3,(H,11,12). The number of nitrogens with two attached hydrogens (primary N) is 1. The van der Waals surface area contributed by atoms with Gasteiger partial charge in [-0.25, -0.2) is 4.21 Å². The van der Waals surface area contributed by atoms with E-state index in [0.29, 0.717) is 6.54 Å². The molecule has 1 unspecified atom stereocenters. The molecule has 1 atom stereocenters. The molecule has 0 aliphatic rings.